The molecule has 0 radical (unpaired) electrons. The number of ether oxygens (including phenoxy) is 2. The van der Waals surface area contributed by atoms with Gasteiger partial charge in [-0.15, -0.1) is 0 Å². The topological polar surface area (TPSA) is 55.8 Å². The maximum atomic E-state index is 13.5. The van der Waals surface area contributed by atoms with E-state index in [2.05, 4.69) is 0 Å². The van der Waals surface area contributed by atoms with Gasteiger partial charge in [0, 0.05) is 9.79 Å². The third-order valence-electron chi connectivity index (χ3n) is 4.22. The molecule has 1 aliphatic heterocycles. The lowest BCUT2D eigenvalue weighted by Crippen LogP contribution is -2.33. The molecule has 0 atom stereocenters. The van der Waals surface area contributed by atoms with E-state index >= 15 is 0 Å². The number of para-hydroxylation sites is 3. The van der Waals surface area contributed by atoms with Crippen molar-refractivity contribution in [2.75, 3.05) is 18.1 Å². The van der Waals surface area contributed by atoms with Gasteiger partial charge in [0.05, 0.1) is 11.4 Å². The fourth-order valence-electron chi connectivity index (χ4n) is 2.92. The molecule has 1 heterocycles. The van der Waals surface area contributed by atoms with E-state index in [1.807, 2.05) is 48.5 Å². The SMILES string of the molecule is O=C(COc1ccccc1F)OCC(=O)N1c2ccccc2Sc2ccccc21. The Labute approximate surface area is 171 Å². The zero-order valence-corrected chi connectivity index (χ0v) is 16.0. The van der Waals surface area contributed by atoms with E-state index in [9.17, 15) is 14.0 Å². The van der Waals surface area contributed by atoms with E-state index < -0.39 is 25.0 Å². The molecule has 3 aromatic carbocycles. The number of nitrogens with zero attached hydrogens (tertiary/aromatic N) is 1. The van der Waals surface area contributed by atoms with Gasteiger partial charge >= 0.3 is 5.97 Å². The van der Waals surface area contributed by atoms with Crippen LogP contribution in [-0.4, -0.2) is 25.1 Å². The monoisotopic (exact) mass is 409 g/mol. The van der Waals surface area contributed by atoms with Crippen LogP contribution in [0.15, 0.2) is 82.6 Å². The average molecular weight is 409 g/mol. The number of benzene rings is 3. The van der Waals surface area contributed by atoms with Crippen molar-refractivity contribution in [2.45, 2.75) is 9.79 Å². The Bertz CT molecular complexity index is 1030. The summed E-state index contributed by atoms with van der Waals surface area (Å²) in [5.74, 6) is -1.76. The van der Waals surface area contributed by atoms with E-state index in [1.54, 1.807) is 22.7 Å². The summed E-state index contributed by atoms with van der Waals surface area (Å²) in [4.78, 5) is 28.3. The molecule has 0 saturated carbocycles. The summed E-state index contributed by atoms with van der Waals surface area (Å²) in [6.45, 7) is -0.940. The Kier molecular flexibility index (Phi) is 5.48. The van der Waals surface area contributed by atoms with Crippen molar-refractivity contribution in [1.82, 2.24) is 0 Å². The minimum Gasteiger partial charge on any atom is -0.479 e. The van der Waals surface area contributed by atoms with Gasteiger partial charge in [-0.3, -0.25) is 9.69 Å². The highest BCUT2D eigenvalue weighted by atomic mass is 32.2. The van der Waals surface area contributed by atoms with E-state index in [0.717, 1.165) is 21.2 Å². The number of anilines is 2. The van der Waals surface area contributed by atoms with Crippen molar-refractivity contribution in [3.63, 3.8) is 0 Å². The van der Waals surface area contributed by atoms with Crippen LogP contribution in [0.5, 0.6) is 5.75 Å². The summed E-state index contributed by atoms with van der Waals surface area (Å²) in [5.41, 5.74) is 1.47. The van der Waals surface area contributed by atoms with Crippen LogP contribution < -0.4 is 9.64 Å². The molecule has 1 amide bonds. The lowest BCUT2D eigenvalue weighted by Gasteiger charge is -2.30. The molecule has 7 heteroatoms. The Balaban J connectivity index is 1.44. The molecule has 0 unspecified atom stereocenters. The second kappa shape index (κ2) is 8.36. The third-order valence-corrected chi connectivity index (χ3v) is 5.35. The lowest BCUT2D eigenvalue weighted by molar-refractivity contribution is -0.149. The van der Waals surface area contributed by atoms with Gasteiger partial charge in [0.25, 0.3) is 5.91 Å². The first kappa shape index (κ1) is 19.0. The summed E-state index contributed by atoms with van der Waals surface area (Å²) >= 11 is 1.58. The standard InChI is InChI=1S/C22H16FNO4S/c23-15-7-1-4-10-18(15)27-14-22(26)28-13-21(25)24-16-8-2-5-11-19(16)29-20-12-6-3-9-17(20)24/h1-12H,13-14H2. The maximum Gasteiger partial charge on any atom is 0.344 e. The number of hydrogen-bond acceptors (Lipinski definition) is 5. The Morgan fingerprint density at radius 1 is 0.828 bits per heavy atom. The van der Waals surface area contributed by atoms with Crippen LogP contribution in [0.4, 0.5) is 15.8 Å². The number of esters is 1. The number of amides is 1. The summed E-state index contributed by atoms with van der Waals surface area (Å²) in [7, 11) is 0. The van der Waals surface area contributed by atoms with Crippen molar-refractivity contribution in [3.8, 4) is 5.75 Å². The molecule has 4 rings (SSSR count). The van der Waals surface area contributed by atoms with Crippen molar-refractivity contribution in [3.05, 3.63) is 78.6 Å². The maximum absolute atomic E-state index is 13.5. The fraction of sp³-hybridized carbons (Fsp3) is 0.0909. The van der Waals surface area contributed by atoms with Crippen LogP contribution in [0.3, 0.4) is 0 Å². The smallest absolute Gasteiger partial charge is 0.344 e. The summed E-state index contributed by atoms with van der Waals surface area (Å²) in [6, 6.07) is 20.8. The Morgan fingerprint density at radius 2 is 1.41 bits per heavy atom. The van der Waals surface area contributed by atoms with Crippen molar-refractivity contribution < 1.29 is 23.5 Å². The second-order valence-corrected chi connectivity index (χ2v) is 7.23. The molecule has 0 fully saturated rings. The van der Waals surface area contributed by atoms with E-state index in [0.29, 0.717) is 0 Å². The highest BCUT2D eigenvalue weighted by molar-refractivity contribution is 7.99. The third kappa shape index (κ3) is 4.09. The first-order valence-electron chi connectivity index (χ1n) is 8.85. The zero-order valence-electron chi connectivity index (χ0n) is 15.2. The van der Waals surface area contributed by atoms with Crippen molar-refractivity contribution >= 4 is 35.0 Å². The van der Waals surface area contributed by atoms with Gasteiger partial charge in [0.15, 0.2) is 24.8 Å². The molecular formula is C22H16FNO4S. The first-order chi connectivity index (χ1) is 14.1. The zero-order chi connectivity index (χ0) is 20.2. The molecule has 29 heavy (non-hydrogen) atoms. The van der Waals surface area contributed by atoms with Gasteiger partial charge in [0.2, 0.25) is 0 Å². The molecular weight excluding hydrogens is 393 g/mol. The van der Waals surface area contributed by atoms with Crippen LogP contribution in [0.25, 0.3) is 0 Å². The predicted molar refractivity (Wildman–Crippen MR) is 107 cm³/mol. The minimum absolute atomic E-state index is 0.0494. The quantitative estimate of drug-likeness (QED) is 0.578. The summed E-state index contributed by atoms with van der Waals surface area (Å²) in [6.07, 6.45) is 0. The molecule has 1 aliphatic rings. The molecule has 146 valence electrons. The number of hydrogen-bond donors (Lipinski definition) is 0. The Hall–Kier alpha value is -3.32. The number of rotatable bonds is 5. The average Bonchev–Trinajstić information content (AvgIpc) is 2.75. The van der Waals surface area contributed by atoms with Gasteiger partial charge in [-0.1, -0.05) is 48.2 Å². The largest absolute Gasteiger partial charge is 0.479 e. The van der Waals surface area contributed by atoms with Crippen molar-refractivity contribution in [1.29, 1.82) is 0 Å². The molecule has 0 saturated heterocycles. The van der Waals surface area contributed by atoms with Crippen LogP contribution in [0.1, 0.15) is 0 Å². The molecule has 3 aromatic rings. The van der Waals surface area contributed by atoms with Gasteiger partial charge in [-0.25, -0.2) is 9.18 Å². The van der Waals surface area contributed by atoms with Crippen LogP contribution >= 0.6 is 11.8 Å². The van der Waals surface area contributed by atoms with E-state index in [4.69, 9.17) is 9.47 Å². The Morgan fingerprint density at radius 3 is 2.07 bits per heavy atom. The molecule has 0 aliphatic carbocycles. The predicted octanol–water partition coefficient (Wildman–Crippen LogP) is 4.58. The van der Waals surface area contributed by atoms with Gasteiger partial charge in [0.1, 0.15) is 0 Å². The normalized spacial score (nSPS) is 12.0. The van der Waals surface area contributed by atoms with Gasteiger partial charge in [-0.05, 0) is 36.4 Å². The highest BCUT2D eigenvalue weighted by Crippen LogP contribution is 2.47. The molecule has 5 nitrogen and oxygen atoms in total. The van der Waals surface area contributed by atoms with E-state index in [-0.39, 0.29) is 11.7 Å². The highest BCUT2D eigenvalue weighted by Gasteiger charge is 2.28. The molecule has 0 spiro atoms. The number of carbonyl (C=O) groups is 2. The van der Waals surface area contributed by atoms with Crippen LogP contribution in [0, 0.1) is 5.82 Å². The second-order valence-electron chi connectivity index (χ2n) is 6.15. The number of halogens is 1. The first-order valence-corrected chi connectivity index (χ1v) is 9.67. The van der Waals surface area contributed by atoms with Crippen LogP contribution in [0.2, 0.25) is 0 Å². The van der Waals surface area contributed by atoms with Gasteiger partial charge < -0.3 is 9.47 Å². The minimum atomic E-state index is -0.755. The summed E-state index contributed by atoms with van der Waals surface area (Å²) < 4.78 is 23.7. The lowest BCUT2D eigenvalue weighted by atomic mass is 10.2. The number of carbonyl (C=O) groups excluding carboxylic acids is 2. The molecule has 0 aromatic heterocycles. The van der Waals surface area contributed by atoms with Crippen LogP contribution in [-0.2, 0) is 14.3 Å². The summed E-state index contributed by atoms with van der Waals surface area (Å²) in [5, 5.41) is 0. The van der Waals surface area contributed by atoms with E-state index in [1.165, 1.54) is 18.2 Å². The molecule has 0 N–H and O–H groups in total. The molecule has 0 bridgehead atoms. The fourth-order valence-corrected chi connectivity index (χ4v) is 3.98. The van der Waals surface area contributed by atoms with Gasteiger partial charge in [-0.2, -0.15) is 0 Å². The number of fused-ring (bicyclic) bond motifs is 2. The van der Waals surface area contributed by atoms with Crippen molar-refractivity contribution in [2.24, 2.45) is 0 Å².